The van der Waals surface area contributed by atoms with E-state index in [-0.39, 0.29) is 11.8 Å². The summed E-state index contributed by atoms with van der Waals surface area (Å²) >= 11 is 6.87. The maximum Gasteiger partial charge on any atom is 0.142 e. The van der Waals surface area contributed by atoms with Crippen molar-refractivity contribution in [2.45, 2.75) is 13.8 Å². The number of nitrogens with zero attached hydrogens (tertiary/aromatic N) is 2. The summed E-state index contributed by atoms with van der Waals surface area (Å²) in [5, 5.41) is 7.43. The molecule has 1 aromatic heterocycles. The highest BCUT2D eigenvalue weighted by Gasteiger charge is 2.15. The summed E-state index contributed by atoms with van der Waals surface area (Å²) in [6.45, 7) is 5.52. The number of aromatic nitrogens is 1. The summed E-state index contributed by atoms with van der Waals surface area (Å²) in [5.41, 5.74) is 5.50. The Kier molecular flexibility index (Phi) is 5.39. The number of hydrogen-bond donors (Lipinski definition) is 2. The Morgan fingerprint density at radius 1 is 1.59 bits per heavy atom. The molecule has 1 aromatic rings. The lowest BCUT2D eigenvalue weighted by Crippen LogP contribution is -2.35. The van der Waals surface area contributed by atoms with Crippen LogP contribution in [0.3, 0.4) is 0 Å². The molecule has 0 saturated carbocycles. The van der Waals surface area contributed by atoms with Crippen LogP contribution in [0.25, 0.3) is 0 Å². The van der Waals surface area contributed by atoms with Crippen molar-refractivity contribution >= 4 is 43.5 Å². The van der Waals surface area contributed by atoms with Gasteiger partial charge in [0.05, 0.1) is 10.3 Å². The van der Waals surface area contributed by atoms with Gasteiger partial charge in [-0.15, -0.1) is 0 Å². The molecule has 0 saturated heterocycles. The number of hydrogen-bond acceptors (Lipinski definition) is 3. The number of amidine groups is 1. The van der Waals surface area contributed by atoms with Gasteiger partial charge in [0.1, 0.15) is 5.82 Å². The minimum Gasteiger partial charge on any atom is -0.387 e. The molecule has 1 atom stereocenters. The van der Waals surface area contributed by atoms with Crippen molar-refractivity contribution < 1.29 is 0 Å². The zero-order chi connectivity index (χ0) is 13.0. The molecule has 0 amide bonds. The van der Waals surface area contributed by atoms with Gasteiger partial charge in [0, 0.05) is 29.7 Å². The fourth-order valence-electron chi connectivity index (χ4n) is 1.43. The summed E-state index contributed by atoms with van der Waals surface area (Å²) in [6.07, 6.45) is 1.77. The third kappa shape index (κ3) is 3.96. The molecule has 1 unspecified atom stereocenters. The van der Waals surface area contributed by atoms with Gasteiger partial charge >= 0.3 is 0 Å². The molecule has 0 aliphatic heterocycles. The number of rotatable bonds is 5. The average Bonchev–Trinajstić information content (AvgIpc) is 2.26. The Labute approximate surface area is 118 Å². The van der Waals surface area contributed by atoms with Crippen molar-refractivity contribution in [3.8, 4) is 0 Å². The van der Waals surface area contributed by atoms with Gasteiger partial charge in [0.15, 0.2) is 0 Å². The van der Waals surface area contributed by atoms with Crippen molar-refractivity contribution in [2.24, 2.45) is 11.7 Å². The van der Waals surface area contributed by atoms with E-state index in [1.807, 2.05) is 13.0 Å². The maximum atomic E-state index is 7.43. The van der Waals surface area contributed by atoms with E-state index in [4.69, 9.17) is 11.1 Å². The Morgan fingerprint density at radius 3 is 2.71 bits per heavy atom. The third-order valence-corrected chi connectivity index (χ3v) is 3.51. The lowest BCUT2D eigenvalue weighted by Gasteiger charge is -2.26. The summed E-state index contributed by atoms with van der Waals surface area (Å²) in [7, 11) is 0. The standard InChI is InChI=1S/C11H16Br2N4/c1-3-17(6-7(2)10(14)15)11-9(13)4-8(12)5-16-11/h4-5,7H,3,6H2,1-2H3,(H3,14,15). The topological polar surface area (TPSA) is 66.0 Å². The van der Waals surface area contributed by atoms with Gasteiger partial charge in [-0.25, -0.2) is 4.98 Å². The molecule has 1 rings (SSSR count). The van der Waals surface area contributed by atoms with E-state index in [0.717, 1.165) is 21.3 Å². The Bertz CT molecular complexity index is 408. The summed E-state index contributed by atoms with van der Waals surface area (Å²) in [6, 6.07) is 1.96. The lowest BCUT2D eigenvalue weighted by atomic mass is 10.1. The largest absolute Gasteiger partial charge is 0.387 e. The van der Waals surface area contributed by atoms with Crippen LogP contribution in [-0.2, 0) is 0 Å². The van der Waals surface area contributed by atoms with Crippen LogP contribution >= 0.6 is 31.9 Å². The van der Waals surface area contributed by atoms with Gasteiger partial charge in [0.25, 0.3) is 0 Å². The van der Waals surface area contributed by atoms with Crippen molar-refractivity contribution in [1.82, 2.24) is 4.98 Å². The highest BCUT2D eigenvalue weighted by molar-refractivity contribution is 9.11. The average molecular weight is 364 g/mol. The predicted molar refractivity (Wildman–Crippen MR) is 78.6 cm³/mol. The number of anilines is 1. The van der Waals surface area contributed by atoms with E-state index in [2.05, 4.69) is 48.7 Å². The third-order valence-electron chi connectivity index (χ3n) is 2.49. The van der Waals surface area contributed by atoms with Crippen molar-refractivity contribution in [1.29, 1.82) is 5.41 Å². The highest BCUT2D eigenvalue weighted by Crippen LogP contribution is 2.27. The SMILES string of the molecule is CCN(CC(C)C(=N)N)c1ncc(Br)cc1Br. The van der Waals surface area contributed by atoms with Crippen molar-refractivity contribution in [2.75, 3.05) is 18.0 Å². The second kappa shape index (κ2) is 6.35. The van der Waals surface area contributed by atoms with Gasteiger partial charge in [-0.3, -0.25) is 5.41 Å². The number of nitrogens with two attached hydrogens (primary N) is 1. The molecule has 4 nitrogen and oxygen atoms in total. The number of halogens is 2. The van der Waals surface area contributed by atoms with E-state index in [1.165, 1.54) is 0 Å². The molecule has 0 aromatic carbocycles. The van der Waals surface area contributed by atoms with Gasteiger partial charge < -0.3 is 10.6 Å². The fraction of sp³-hybridized carbons (Fsp3) is 0.455. The molecule has 0 fully saturated rings. The normalized spacial score (nSPS) is 12.2. The van der Waals surface area contributed by atoms with Crippen LogP contribution < -0.4 is 10.6 Å². The zero-order valence-corrected chi connectivity index (χ0v) is 13.0. The van der Waals surface area contributed by atoms with Crippen LogP contribution in [0.4, 0.5) is 5.82 Å². The van der Waals surface area contributed by atoms with Crippen LogP contribution in [-0.4, -0.2) is 23.9 Å². The molecule has 1 heterocycles. The first-order chi connectivity index (χ1) is 7.95. The van der Waals surface area contributed by atoms with E-state index < -0.39 is 0 Å². The van der Waals surface area contributed by atoms with E-state index >= 15 is 0 Å². The molecule has 0 aliphatic rings. The minimum absolute atomic E-state index is 0.0206. The first-order valence-corrected chi connectivity index (χ1v) is 6.94. The summed E-state index contributed by atoms with van der Waals surface area (Å²) in [4.78, 5) is 6.48. The minimum atomic E-state index is 0.0206. The van der Waals surface area contributed by atoms with Crippen LogP contribution in [0, 0.1) is 11.3 Å². The molecular formula is C11H16Br2N4. The first-order valence-electron chi connectivity index (χ1n) is 5.35. The molecular weight excluding hydrogens is 348 g/mol. The van der Waals surface area contributed by atoms with E-state index in [9.17, 15) is 0 Å². The maximum absolute atomic E-state index is 7.43. The Balaban J connectivity index is 2.90. The van der Waals surface area contributed by atoms with Gasteiger partial charge in [0.2, 0.25) is 0 Å². The zero-order valence-electron chi connectivity index (χ0n) is 9.87. The van der Waals surface area contributed by atoms with Gasteiger partial charge in [-0.2, -0.15) is 0 Å². The first kappa shape index (κ1) is 14.4. The molecule has 0 bridgehead atoms. The lowest BCUT2D eigenvalue weighted by molar-refractivity contribution is 0.689. The highest BCUT2D eigenvalue weighted by atomic mass is 79.9. The van der Waals surface area contributed by atoms with Crippen LogP contribution in [0.5, 0.6) is 0 Å². The Hall–Kier alpha value is -0.620. The second-order valence-corrected chi connectivity index (χ2v) is 5.62. The smallest absolute Gasteiger partial charge is 0.142 e. The molecule has 3 N–H and O–H groups in total. The molecule has 0 radical (unpaired) electrons. The van der Waals surface area contributed by atoms with E-state index in [1.54, 1.807) is 6.20 Å². The number of nitrogens with one attached hydrogen (secondary N) is 1. The van der Waals surface area contributed by atoms with Crippen LogP contribution in [0.1, 0.15) is 13.8 Å². The molecule has 6 heteroatoms. The Morgan fingerprint density at radius 2 is 2.24 bits per heavy atom. The molecule has 0 aliphatic carbocycles. The quantitative estimate of drug-likeness (QED) is 0.624. The van der Waals surface area contributed by atoms with E-state index in [0.29, 0.717) is 6.54 Å². The molecule has 17 heavy (non-hydrogen) atoms. The van der Waals surface area contributed by atoms with Gasteiger partial charge in [-0.1, -0.05) is 6.92 Å². The fourth-order valence-corrected chi connectivity index (χ4v) is 2.67. The van der Waals surface area contributed by atoms with Crippen LogP contribution in [0.2, 0.25) is 0 Å². The van der Waals surface area contributed by atoms with Gasteiger partial charge in [-0.05, 0) is 44.8 Å². The summed E-state index contributed by atoms with van der Waals surface area (Å²) < 4.78 is 1.87. The monoisotopic (exact) mass is 362 g/mol. The van der Waals surface area contributed by atoms with Crippen molar-refractivity contribution in [3.63, 3.8) is 0 Å². The predicted octanol–water partition coefficient (Wildman–Crippen LogP) is 3.00. The van der Waals surface area contributed by atoms with Crippen LogP contribution in [0.15, 0.2) is 21.2 Å². The number of pyridine rings is 1. The second-order valence-electron chi connectivity index (χ2n) is 3.85. The molecule has 94 valence electrons. The molecule has 0 spiro atoms. The van der Waals surface area contributed by atoms with Crippen molar-refractivity contribution in [3.05, 3.63) is 21.2 Å². The summed E-state index contributed by atoms with van der Waals surface area (Å²) in [5.74, 6) is 1.10.